The fourth-order valence-corrected chi connectivity index (χ4v) is 6.08. The van der Waals surface area contributed by atoms with E-state index in [2.05, 4.69) is 42.7 Å². The second kappa shape index (κ2) is 8.20. The van der Waals surface area contributed by atoms with Crippen LogP contribution < -0.4 is 4.74 Å². The Bertz CT molecular complexity index is 665. The van der Waals surface area contributed by atoms with Crippen LogP contribution in [0.15, 0.2) is 24.3 Å². The fourth-order valence-electron chi connectivity index (χ4n) is 6.08. The van der Waals surface area contributed by atoms with E-state index in [1.165, 1.54) is 45.3 Å². The Labute approximate surface area is 177 Å². The number of nitrogens with zero attached hydrogens (tertiary/aromatic N) is 2. The van der Waals surface area contributed by atoms with Crippen molar-refractivity contribution in [2.45, 2.75) is 77.0 Å². The van der Waals surface area contributed by atoms with Crippen molar-refractivity contribution in [1.82, 2.24) is 9.80 Å². The van der Waals surface area contributed by atoms with Gasteiger partial charge in [-0.2, -0.15) is 0 Å². The summed E-state index contributed by atoms with van der Waals surface area (Å²) in [6, 6.07) is 9.06. The van der Waals surface area contributed by atoms with Crippen molar-refractivity contribution in [2.24, 2.45) is 11.3 Å². The van der Waals surface area contributed by atoms with E-state index in [9.17, 15) is 5.11 Å². The van der Waals surface area contributed by atoms with Gasteiger partial charge in [-0.15, -0.1) is 0 Å². The Hall–Kier alpha value is -1.10. The minimum absolute atomic E-state index is 0.289. The zero-order valence-electron chi connectivity index (χ0n) is 18.9. The Morgan fingerprint density at radius 1 is 1.00 bits per heavy atom. The molecule has 2 bridgehead atoms. The van der Waals surface area contributed by atoms with Crippen molar-refractivity contribution in [1.29, 1.82) is 0 Å². The number of hydrogen-bond donors (Lipinski definition) is 1. The molecule has 0 radical (unpaired) electrons. The zero-order valence-corrected chi connectivity index (χ0v) is 18.9. The van der Waals surface area contributed by atoms with Gasteiger partial charge in [0.25, 0.3) is 0 Å². The molecule has 0 aromatic heterocycles. The normalized spacial score (nSPS) is 31.9. The molecule has 3 heterocycles. The van der Waals surface area contributed by atoms with Crippen molar-refractivity contribution >= 4 is 0 Å². The van der Waals surface area contributed by atoms with Crippen LogP contribution in [0.2, 0.25) is 0 Å². The van der Waals surface area contributed by atoms with Gasteiger partial charge in [-0.25, -0.2) is 0 Å². The van der Waals surface area contributed by atoms with E-state index in [0.29, 0.717) is 12.1 Å². The average Bonchev–Trinajstić information content (AvgIpc) is 2.93. The second-order valence-corrected chi connectivity index (χ2v) is 10.8. The molecule has 3 aliphatic rings. The van der Waals surface area contributed by atoms with E-state index in [-0.39, 0.29) is 5.41 Å². The molecule has 4 nitrogen and oxygen atoms in total. The SMILES string of the molecule is COc1ccc(C2(O)CC3CCC(C2)N3CC(C)(C)CN2CCC(C)CC2)cc1. The molecular weight excluding hydrogens is 360 g/mol. The van der Waals surface area contributed by atoms with Crippen LogP contribution in [0.3, 0.4) is 0 Å². The van der Waals surface area contributed by atoms with Gasteiger partial charge in [-0.3, -0.25) is 4.90 Å². The summed E-state index contributed by atoms with van der Waals surface area (Å²) in [5.41, 5.74) is 0.648. The standard InChI is InChI=1S/C25H40N2O2/c1-19-11-13-26(14-12-19)17-24(2,3)18-27-21-7-8-22(27)16-25(28,15-21)20-5-9-23(29-4)10-6-20/h5-6,9-10,19,21-22,28H,7-8,11-18H2,1-4H3. The van der Waals surface area contributed by atoms with Crippen LogP contribution >= 0.6 is 0 Å². The molecule has 4 heteroatoms. The third-order valence-electron chi connectivity index (χ3n) is 7.68. The number of aliphatic hydroxyl groups is 1. The molecule has 0 amide bonds. The van der Waals surface area contributed by atoms with Crippen LogP contribution in [-0.2, 0) is 5.60 Å². The smallest absolute Gasteiger partial charge is 0.118 e. The monoisotopic (exact) mass is 400 g/mol. The first-order valence-electron chi connectivity index (χ1n) is 11.6. The van der Waals surface area contributed by atoms with Gasteiger partial charge in [-0.05, 0) is 80.6 Å². The van der Waals surface area contributed by atoms with E-state index in [0.717, 1.165) is 36.6 Å². The predicted octanol–water partition coefficient (Wildman–Crippen LogP) is 4.27. The lowest BCUT2D eigenvalue weighted by atomic mass is 9.79. The number of ether oxygens (including phenoxy) is 1. The Morgan fingerprint density at radius 3 is 2.14 bits per heavy atom. The molecule has 3 saturated heterocycles. The maximum Gasteiger partial charge on any atom is 0.118 e. The highest BCUT2D eigenvalue weighted by Crippen LogP contribution is 2.47. The third-order valence-corrected chi connectivity index (χ3v) is 7.68. The number of fused-ring (bicyclic) bond motifs is 2. The summed E-state index contributed by atoms with van der Waals surface area (Å²) < 4.78 is 5.29. The number of piperidine rings is 2. The molecule has 0 aliphatic carbocycles. The molecule has 1 N–H and O–H groups in total. The van der Waals surface area contributed by atoms with Crippen LogP contribution in [0.25, 0.3) is 0 Å². The van der Waals surface area contributed by atoms with Crippen LogP contribution in [0.5, 0.6) is 5.75 Å². The summed E-state index contributed by atoms with van der Waals surface area (Å²) in [6.45, 7) is 12.1. The number of likely N-dealkylation sites (tertiary alicyclic amines) is 1. The summed E-state index contributed by atoms with van der Waals surface area (Å²) in [5.74, 6) is 1.74. The van der Waals surface area contributed by atoms with E-state index >= 15 is 0 Å². The molecule has 4 rings (SSSR count). The van der Waals surface area contributed by atoms with Crippen LogP contribution in [0, 0.1) is 11.3 Å². The number of benzene rings is 1. The van der Waals surface area contributed by atoms with Gasteiger partial charge in [0, 0.05) is 25.2 Å². The molecule has 3 fully saturated rings. The molecule has 3 aliphatic heterocycles. The molecule has 1 aromatic rings. The number of methoxy groups -OCH3 is 1. The molecular formula is C25H40N2O2. The third kappa shape index (κ3) is 4.65. The van der Waals surface area contributed by atoms with E-state index in [1.54, 1.807) is 7.11 Å². The molecule has 29 heavy (non-hydrogen) atoms. The molecule has 0 spiro atoms. The van der Waals surface area contributed by atoms with Gasteiger partial charge in [0.05, 0.1) is 12.7 Å². The van der Waals surface area contributed by atoms with Gasteiger partial charge < -0.3 is 14.7 Å². The summed E-state index contributed by atoms with van der Waals surface area (Å²) in [4.78, 5) is 5.42. The quantitative estimate of drug-likeness (QED) is 0.774. The second-order valence-electron chi connectivity index (χ2n) is 10.8. The predicted molar refractivity (Wildman–Crippen MR) is 118 cm³/mol. The highest BCUT2D eigenvalue weighted by Gasteiger charge is 2.49. The summed E-state index contributed by atoms with van der Waals surface area (Å²) >= 11 is 0. The van der Waals surface area contributed by atoms with Crippen LogP contribution in [0.1, 0.15) is 64.9 Å². The van der Waals surface area contributed by atoms with Crippen molar-refractivity contribution in [3.63, 3.8) is 0 Å². The van der Waals surface area contributed by atoms with Crippen molar-refractivity contribution in [2.75, 3.05) is 33.3 Å². The average molecular weight is 401 g/mol. The summed E-state index contributed by atoms with van der Waals surface area (Å²) in [6.07, 6.45) is 6.85. The molecule has 0 saturated carbocycles. The molecule has 1 aromatic carbocycles. The molecule has 162 valence electrons. The van der Waals surface area contributed by atoms with Gasteiger partial charge >= 0.3 is 0 Å². The zero-order chi connectivity index (χ0) is 20.6. The van der Waals surface area contributed by atoms with E-state index in [4.69, 9.17) is 4.74 Å². The highest BCUT2D eigenvalue weighted by molar-refractivity contribution is 5.32. The van der Waals surface area contributed by atoms with Crippen molar-refractivity contribution in [3.05, 3.63) is 29.8 Å². The highest BCUT2D eigenvalue weighted by atomic mass is 16.5. The largest absolute Gasteiger partial charge is 0.497 e. The lowest BCUT2D eigenvalue weighted by Crippen LogP contribution is -2.53. The van der Waals surface area contributed by atoms with Crippen molar-refractivity contribution < 1.29 is 9.84 Å². The summed E-state index contributed by atoms with van der Waals surface area (Å²) in [5, 5.41) is 11.5. The molecule has 2 unspecified atom stereocenters. The van der Waals surface area contributed by atoms with Crippen LogP contribution in [-0.4, -0.2) is 60.3 Å². The topological polar surface area (TPSA) is 35.9 Å². The minimum Gasteiger partial charge on any atom is -0.497 e. The van der Waals surface area contributed by atoms with Gasteiger partial charge in [0.2, 0.25) is 0 Å². The van der Waals surface area contributed by atoms with Crippen molar-refractivity contribution in [3.8, 4) is 5.75 Å². The van der Waals surface area contributed by atoms with Gasteiger partial charge in [0.15, 0.2) is 0 Å². The van der Waals surface area contributed by atoms with Crippen LogP contribution in [0.4, 0.5) is 0 Å². The maximum atomic E-state index is 11.5. The van der Waals surface area contributed by atoms with Gasteiger partial charge in [-0.1, -0.05) is 32.9 Å². The van der Waals surface area contributed by atoms with E-state index < -0.39 is 5.60 Å². The minimum atomic E-state index is -0.693. The number of hydrogen-bond acceptors (Lipinski definition) is 4. The Balaban J connectivity index is 1.39. The lowest BCUT2D eigenvalue weighted by molar-refractivity contribution is -0.0674. The maximum absolute atomic E-state index is 11.5. The van der Waals surface area contributed by atoms with Gasteiger partial charge in [0.1, 0.15) is 5.75 Å². The molecule has 2 atom stereocenters. The van der Waals surface area contributed by atoms with E-state index in [1.807, 2.05) is 12.1 Å². The first-order chi connectivity index (χ1) is 13.8. The number of rotatable bonds is 6. The Morgan fingerprint density at radius 2 is 1.59 bits per heavy atom. The Kier molecular flexibility index (Phi) is 5.98. The lowest BCUT2D eigenvalue weighted by Gasteiger charge is -2.47. The summed E-state index contributed by atoms with van der Waals surface area (Å²) in [7, 11) is 1.69. The fraction of sp³-hybridized carbons (Fsp3) is 0.760. The first-order valence-corrected chi connectivity index (χ1v) is 11.6. The first kappa shape index (κ1) is 21.1.